The van der Waals surface area contributed by atoms with Gasteiger partial charge in [0, 0.05) is 31.7 Å². The minimum absolute atomic E-state index is 0.174. The SMILES string of the molecule is Cn1c(=O)n(C)c2cc(S(=O)(=O)NCC3CCN(Cc4ccccc4Br)CC3)ccc21. The second kappa shape index (κ2) is 8.90. The number of sulfonamides is 1. The van der Waals surface area contributed by atoms with E-state index in [-0.39, 0.29) is 10.6 Å². The first kappa shape index (κ1) is 22.3. The van der Waals surface area contributed by atoms with Gasteiger partial charge in [0.25, 0.3) is 0 Å². The third kappa shape index (κ3) is 4.64. The van der Waals surface area contributed by atoms with E-state index in [4.69, 9.17) is 0 Å². The minimum atomic E-state index is -3.63. The number of piperidine rings is 1. The van der Waals surface area contributed by atoms with Crippen molar-refractivity contribution >= 4 is 37.0 Å². The molecule has 2 heterocycles. The molecule has 1 aliphatic rings. The van der Waals surface area contributed by atoms with E-state index in [0.29, 0.717) is 23.5 Å². The van der Waals surface area contributed by atoms with Crippen LogP contribution in [0.15, 0.2) is 56.6 Å². The molecule has 9 heteroatoms. The van der Waals surface area contributed by atoms with Gasteiger partial charge in [0.1, 0.15) is 0 Å². The van der Waals surface area contributed by atoms with Gasteiger partial charge in [-0.25, -0.2) is 17.9 Å². The lowest BCUT2D eigenvalue weighted by atomic mass is 9.97. The van der Waals surface area contributed by atoms with Gasteiger partial charge in [0.15, 0.2) is 0 Å². The first-order valence-electron chi connectivity index (χ1n) is 10.4. The molecule has 31 heavy (non-hydrogen) atoms. The molecule has 0 bridgehead atoms. The number of aryl methyl sites for hydroxylation is 2. The number of likely N-dealkylation sites (tertiary alicyclic amines) is 1. The Hall–Kier alpha value is -1.94. The Bertz CT molecular complexity index is 1260. The molecule has 0 aliphatic carbocycles. The van der Waals surface area contributed by atoms with E-state index in [1.807, 2.05) is 12.1 Å². The second-order valence-electron chi connectivity index (χ2n) is 8.21. The molecule has 0 amide bonds. The maximum atomic E-state index is 12.8. The summed E-state index contributed by atoms with van der Waals surface area (Å²) in [4.78, 5) is 14.7. The maximum absolute atomic E-state index is 12.8. The highest BCUT2D eigenvalue weighted by molar-refractivity contribution is 9.10. The van der Waals surface area contributed by atoms with Crippen molar-refractivity contribution in [1.29, 1.82) is 0 Å². The van der Waals surface area contributed by atoms with Gasteiger partial charge in [-0.15, -0.1) is 0 Å². The Morgan fingerprint density at radius 3 is 2.42 bits per heavy atom. The van der Waals surface area contributed by atoms with E-state index >= 15 is 0 Å². The van der Waals surface area contributed by atoms with Crippen molar-refractivity contribution in [3.05, 3.63) is 63.0 Å². The first-order chi connectivity index (χ1) is 14.8. The van der Waals surface area contributed by atoms with Crippen LogP contribution in [0.1, 0.15) is 18.4 Å². The number of fused-ring (bicyclic) bond motifs is 1. The summed E-state index contributed by atoms with van der Waals surface area (Å²) < 4.78 is 32.6. The van der Waals surface area contributed by atoms with E-state index in [1.165, 1.54) is 14.7 Å². The number of imidazole rings is 1. The number of aromatic nitrogens is 2. The van der Waals surface area contributed by atoms with Gasteiger partial charge in [-0.1, -0.05) is 34.1 Å². The van der Waals surface area contributed by atoms with Crippen molar-refractivity contribution in [3.63, 3.8) is 0 Å². The summed E-state index contributed by atoms with van der Waals surface area (Å²) in [5.74, 6) is 0.315. The van der Waals surface area contributed by atoms with Crippen molar-refractivity contribution in [2.75, 3.05) is 19.6 Å². The molecule has 3 aromatic rings. The van der Waals surface area contributed by atoms with E-state index in [2.05, 4.69) is 37.7 Å². The highest BCUT2D eigenvalue weighted by Gasteiger charge is 2.23. The predicted molar refractivity (Wildman–Crippen MR) is 125 cm³/mol. The average molecular weight is 507 g/mol. The van der Waals surface area contributed by atoms with Crippen molar-refractivity contribution in [1.82, 2.24) is 18.8 Å². The van der Waals surface area contributed by atoms with Crippen LogP contribution in [-0.2, 0) is 30.7 Å². The number of rotatable bonds is 6. The van der Waals surface area contributed by atoms with Crippen LogP contribution < -0.4 is 10.4 Å². The van der Waals surface area contributed by atoms with Crippen LogP contribution in [-0.4, -0.2) is 42.1 Å². The second-order valence-corrected chi connectivity index (χ2v) is 10.8. The van der Waals surface area contributed by atoms with Gasteiger partial charge in [-0.2, -0.15) is 0 Å². The fraction of sp³-hybridized carbons (Fsp3) is 0.409. The molecule has 1 aliphatic heterocycles. The third-order valence-corrected chi connectivity index (χ3v) is 8.37. The summed E-state index contributed by atoms with van der Waals surface area (Å²) >= 11 is 3.60. The van der Waals surface area contributed by atoms with Crippen LogP contribution in [0.5, 0.6) is 0 Å². The number of benzene rings is 2. The van der Waals surface area contributed by atoms with Crippen LogP contribution in [0.3, 0.4) is 0 Å². The molecule has 2 aromatic carbocycles. The molecule has 1 aromatic heterocycles. The Labute approximate surface area is 190 Å². The molecule has 7 nitrogen and oxygen atoms in total. The molecule has 1 fully saturated rings. The van der Waals surface area contributed by atoms with Crippen molar-refractivity contribution in [3.8, 4) is 0 Å². The highest BCUT2D eigenvalue weighted by atomic mass is 79.9. The summed E-state index contributed by atoms with van der Waals surface area (Å²) in [6.07, 6.45) is 1.92. The molecule has 166 valence electrons. The predicted octanol–water partition coefficient (Wildman–Crippen LogP) is 2.83. The number of hydrogen-bond acceptors (Lipinski definition) is 4. The number of nitrogens with zero attached hydrogens (tertiary/aromatic N) is 3. The number of hydrogen-bond donors (Lipinski definition) is 1. The minimum Gasteiger partial charge on any atom is -0.299 e. The molecule has 0 unspecified atom stereocenters. The Morgan fingerprint density at radius 2 is 1.71 bits per heavy atom. The zero-order valence-electron chi connectivity index (χ0n) is 17.7. The molecular weight excluding hydrogens is 480 g/mol. The fourth-order valence-corrected chi connectivity index (χ4v) is 5.73. The zero-order chi connectivity index (χ0) is 22.2. The lowest BCUT2D eigenvalue weighted by Gasteiger charge is -2.32. The molecule has 0 atom stereocenters. The topological polar surface area (TPSA) is 76.3 Å². The lowest BCUT2D eigenvalue weighted by molar-refractivity contribution is 0.178. The standard InChI is InChI=1S/C22H27BrN4O3S/c1-25-20-8-7-18(13-21(20)26(2)22(25)28)31(29,30)24-14-16-9-11-27(12-10-16)15-17-5-3-4-6-19(17)23/h3-8,13,16,24H,9-12,14-15H2,1-2H3. The molecule has 1 N–H and O–H groups in total. The van der Waals surface area contributed by atoms with Crippen LogP contribution in [0.25, 0.3) is 11.0 Å². The smallest absolute Gasteiger partial charge is 0.299 e. The van der Waals surface area contributed by atoms with E-state index < -0.39 is 10.0 Å². The van der Waals surface area contributed by atoms with Gasteiger partial charge in [-0.05, 0) is 61.7 Å². The van der Waals surface area contributed by atoms with Gasteiger partial charge in [-0.3, -0.25) is 14.0 Å². The van der Waals surface area contributed by atoms with E-state index in [0.717, 1.165) is 36.9 Å². The Balaban J connectivity index is 1.36. The molecule has 4 rings (SSSR count). The largest absolute Gasteiger partial charge is 0.328 e. The molecule has 0 spiro atoms. The van der Waals surface area contributed by atoms with Crippen molar-refractivity contribution in [2.24, 2.45) is 20.0 Å². The van der Waals surface area contributed by atoms with E-state index in [9.17, 15) is 13.2 Å². The molecule has 0 radical (unpaired) electrons. The van der Waals surface area contributed by atoms with E-state index in [1.54, 1.807) is 32.3 Å². The van der Waals surface area contributed by atoms with Crippen LogP contribution in [0, 0.1) is 5.92 Å². The van der Waals surface area contributed by atoms with Crippen molar-refractivity contribution < 1.29 is 8.42 Å². The summed E-state index contributed by atoms with van der Waals surface area (Å²) in [5.41, 5.74) is 2.42. The van der Waals surface area contributed by atoms with Crippen LogP contribution >= 0.6 is 15.9 Å². The summed E-state index contributed by atoms with van der Waals surface area (Å²) in [6.45, 7) is 3.23. The summed E-state index contributed by atoms with van der Waals surface area (Å²) in [6, 6.07) is 13.1. The molecule has 0 saturated carbocycles. The first-order valence-corrected chi connectivity index (χ1v) is 12.6. The van der Waals surface area contributed by atoms with Crippen LogP contribution in [0.2, 0.25) is 0 Å². The zero-order valence-corrected chi connectivity index (χ0v) is 20.1. The quantitative estimate of drug-likeness (QED) is 0.557. The molecule has 1 saturated heterocycles. The summed E-state index contributed by atoms with van der Waals surface area (Å²) in [7, 11) is -0.304. The van der Waals surface area contributed by atoms with Gasteiger partial charge in [0.05, 0.1) is 15.9 Å². The van der Waals surface area contributed by atoms with Gasteiger partial charge in [0.2, 0.25) is 10.0 Å². The number of halogens is 1. The monoisotopic (exact) mass is 506 g/mol. The number of nitrogens with one attached hydrogen (secondary N) is 1. The van der Waals surface area contributed by atoms with Gasteiger partial charge < -0.3 is 0 Å². The lowest BCUT2D eigenvalue weighted by Crippen LogP contribution is -2.38. The third-order valence-electron chi connectivity index (χ3n) is 6.17. The summed E-state index contributed by atoms with van der Waals surface area (Å²) in [5, 5.41) is 0. The highest BCUT2D eigenvalue weighted by Crippen LogP contribution is 2.23. The van der Waals surface area contributed by atoms with Gasteiger partial charge >= 0.3 is 5.69 Å². The fourth-order valence-electron chi connectivity index (χ4n) is 4.18. The Kier molecular flexibility index (Phi) is 6.39. The molecular formula is C22H27BrN4O3S. The normalized spacial score (nSPS) is 16.2. The Morgan fingerprint density at radius 1 is 1.03 bits per heavy atom. The average Bonchev–Trinajstić information content (AvgIpc) is 2.98. The van der Waals surface area contributed by atoms with Crippen molar-refractivity contribution in [2.45, 2.75) is 24.3 Å². The maximum Gasteiger partial charge on any atom is 0.328 e. The van der Waals surface area contributed by atoms with Crippen LogP contribution in [0.4, 0.5) is 0 Å².